The van der Waals surface area contributed by atoms with Crippen LogP contribution in [0.3, 0.4) is 0 Å². The number of nitrogens with one attached hydrogen (secondary N) is 4. The monoisotopic (exact) mass is 577 g/mol. The molecule has 0 spiro atoms. The number of aliphatic hydroxyl groups excluding tert-OH is 1. The number of anilines is 1. The van der Waals surface area contributed by atoms with Gasteiger partial charge >= 0.3 is 0 Å². The third kappa shape index (κ3) is 9.24. The average molecular weight is 578 g/mol. The van der Waals surface area contributed by atoms with Crippen LogP contribution in [0.2, 0.25) is 0 Å². The van der Waals surface area contributed by atoms with Crippen molar-refractivity contribution in [3.63, 3.8) is 0 Å². The molecular formula is C27H33ClFN5O4S. The van der Waals surface area contributed by atoms with Gasteiger partial charge in [-0.15, -0.1) is 0 Å². The van der Waals surface area contributed by atoms with Gasteiger partial charge in [-0.05, 0) is 67.7 Å². The lowest BCUT2D eigenvalue weighted by Crippen LogP contribution is -2.26. The standard InChI is InChI=1S/C27H33ClFN5O4S/c1-16(37-15-18-6-9-20(36-2)10-7-18)21-12-19(29)8-11-22(21)33-23(13-24(28)30)26(35)25(34-31)27(38-39-3)32-14-17-4-5-17/h6-13,16-17,26,30-33,35H,4-5,14-15H2,1-3H3/b23-13-,27-25+,30-24?,34-31?/t16-,26?/m1/s1. The largest absolute Gasteiger partial charge is 0.497 e. The van der Waals surface area contributed by atoms with E-state index >= 15 is 0 Å². The molecule has 1 saturated carbocycles. The highest BCUT2D eigenvalue weighted by atomic mass is 35.5. The van der Waals surface area contributed by atoms with Crippen molar-refractivity contribution < 1.29 is 23.2 Å². The van der Waals surface area contributed by atoms with Gasteiger partial charge in [0, 0.05) is 24.1 Å². The zero-order chi connectivity index (χ0) is 28.4. The first-order valence-electron chi connectivity index (χ1n) is 12.3. The predicted molar refractivity (Wildman–Crippen MR) is 151 cm³/mol. The highest BCUT2D eigenvalue weighted by Gasteiger charge is 2.27. The molecule has 1 aliphatic carbocycles. The molecule has 0 radical (unpaired) electrons. The highest BCUT2D eigenvalue weighted by molar-refractivity contribution is 7.94. The smallest absolute Gasteiger partial charge is 0.228 e. The van der Waals surface area contributed by atoms with Gasteiger partial charge in [0.25, 0.3) is 0 Å². The van der Waals surface area contributed by atoms with E-state index in [9.17, 15) is 9.50 Å². The molecule has 0 aromatic heterocycles. The van der Waals surface area contributed by atoms with Crippen molar-refractivity contribution in [3.8, 4) is 5.75 Å². The maximum atomic E-state index is 14.3. The number of rotatable bonds is 16. The molecule has 2 atom stereocenters. The Hall–Kier alpha value is -3.12. The normalized spacial score (nSPS) is 15.6. The van der Waals surface area contributed by atoms with Crippen LogP contribution in [0.4, 0.5) is 10.1 Å². The van der Waals surface area contributed by atoms with Crippen LogP contribution < -0.4 is 15.4 Å². The van der Waals surface area contributed by atoms with E-state index in [1.165, 1.54) is 24.3 Å². The molecule has 0 aliphatic heterocycles. The molecule has 210 valence electrons. The van der Waals surface area contributed by atoms with E-state index in [4.69, 9.17) is 36.2 Å². The summed E-state index contributed by atoms with van der Waals surface area (Å²) in [6.45, 7) is 2.67. The summed E-state index contributed by atoms with van der Waals surface area (Å²) in [5.41, 5.74) is 9.47. The van der Waals surface area contributed by atoms with Crippen LogP contribution in [0, 0.1) is 22.7 Å². The molecule has 5 N–H and O–H groups in total. The predicted octanol–water partition coefficient (Wildman–Crippen LogP) is 6.48. The van der Waals surface area contributed by atoms with Gasteiger partial charge in [-0.1, -0.05) is 23.7 Å². The lowest BCUT2D eigenvalue weighted by Gasteiger charge is -2.23. The number of nitrogens with zero attached hydrogens (tertiary/aromatic N) is 1. The van der Waals surface area contributed by atoms with Crippen LogP contribution in [0.1, 0.15) is 37.0 Å². The van der Waals surface area contributed by atoms with Gasteiger partial charge in [-0.3, -0.25) is 5.41 Å². The van der Waals surface area contributed by atoms with Crippen molar-refractivity contribution >= 4 is 34.5 Å². The number of ether oxygens (including phenoxy) is 2. The number of hydrogen-bond donors (Lipinski definition) is 5. The minimum atomic E-state index is -1.51. The number of aliphatic hydroxyl groups is 1. The Labute approximate surface area is 237 Å². The molecule has 0 heterocycles. The molecule has 1 aliphatic rings. The minimum absolute atomic E-state index is 0.0478. The lowest BCUT2D eigenvalue weighted by molar-refractivity contribution is 0.0528. The Bertz CT molecular complexity index is 1210. The molecule has 0 amide bonds. The van der Waals surface area contributed by atoms with Crippen molar-refractivity contribution in [2.75, 3.05) is 25.2 Å². The van der Waals surface area contributed by atoms with Gasteiger partial charge in [0.15, 0.2) is 5.70 Å². The second-order valence-electron chi connectivity index (χ2n) is 8.91. The van der Waals surface area contributed by atoms with Gasteiger partial charge in [-0.25, -0.2) is 9.92 Å². The molecule has 9 nitrogen and oxygen atoms in total. The first kappa shape index (κ1) is 30.4. The van der Waals surface area contributed by atoms with Gasteiger partial charge in [0.2, 0.25) is 5.88 Å². The quantitative estimate of drug-likeness (QED) is 0.0667. The van der Waals surface area contributed by atoms with Gasteiger partial charge < -0.3 is 29.4 Å². The molecule has 12 heteroatoms. The summed E-state index contributed by atoms with van der Waals surface area (Å²) in [4.78, 5) is 0. The zero-order valence-corrected chi connectivity index (χ0v) is 23.5. The van der Waals surface area contributed by atoms with E-state index in [1.807, 2.05) is 24.3 Å². The molecule has 0 saturated heterocycles. The van der Waals surface area contributed by atoms with E-state index in [-0.39, 0.29) is 29.1 Å². The molecule has 0 bridgehead atoms. The number of hydrogen-bond acceptors (Lipinski definition) is 10. The fourth-order valence-corrected chi connectivity index (χ4v) is 4.11. The summed E-state index contributed by atoms with van der Waals surface area (Å²) in [5.74, 6) is 0.905. The summed E-state index contributed by atoms with van der Waals surface area (Å²) in [7, 11) is 1.59. The number of methoxy groups -OCH3 is 1. The van der Waals surface area contributed by atoms with Crippen molar-refractivity contribution in [1.82, 2.24) is 5.32 Å². The maximum Gasteiger partial charge on any atom is 0.228 e. The molecular weight excluding hydrogens is 545 g/mol. The lowest BCUT2D eigenvalue weighted by atomic mass is 10.1. The first-order chi connectivity index (χ1) is 18.7. The van der Waals surface area contributed by atoms with E-state index < -0.39 is 18.0 Å². The van der Waals surface area contributed by atoms with Crippen molar-refractivity contribution in [2.45, 2.75) is 38.6 Å². The van der Waals surface area contributed by atoms with E-state index in [0.717, 1.165) is 36.2 Å². The Balaban J connectivity index is 1.86. The Morgan fingerprint density at radius 2 is 2.00 bits per heavy atom. The molecule has 2 aromatic rings. The van der Waals surface area contributed by atoms with Crippen molar-refractivity contribution in [1.29, 1.82) is 10.9 Å². The summed E-state index contributed by atoms with van der Waals surface area (Å²) < 4.78 is 31.1. The SMILES string of the molecule is COc1ccc(CO[C@H](C)c2cc(F)ccc2N/C(=C\C(=N)Cl)C(O)/C(N=N)=C(/NCC2CC2)OSC)cc1. The fraction of sp³-hybridized carbons (Fsp3) is 0.370. The van der Waals surface area contributed by atoms with Crippen molar-refractivity contribution in [2.24, 2.45) is 11.0 Å². The molecule has 1 unspecified atom stereocenters. The molecule has 2 aromatic carbocycles. The van der Waals surface area contributed by atoms with Gasteiger partial charge in [0.1, 0.15) is 22.8 Å². The maximum absolute atomic E-state index is 14.3. The van der Waals surface area contributed by atoms with Crippen LogP contribution in [-0.4, -0.2) is 36.3 Å². The summed E-state index contributed by atoms with van der Waals surface area (Å²) >= 11 is 6.90. The van der Waals surface area contributed by atoms with Gasteiger partial charge in [0.05, 0.1) is 37.6 Å². The summed E-state index contributed by atoms with van der Waals surface area (Å²) in [6.07, 6.45) is 3.03. The topological polar surface area (TPSA) is 132 Å². The second kappa shape index (κ2) is 14.9. The minimum Gasteiger partial charge on any atom is -0.497 e. The summed E-state index contributed by atoms with van der Waals surface area (Å²) in [5, 5.41) is 28.3. The van der Waals surface area contributed by atoms with E-state index in [0.29, 0.717) is 23.7 Å². The first-order valence-corrected chi connectivity index (χ1v) is 13.8. The number of halogens is 2. The third-order valence-electron chi connectivity index (χ3n) is 5.99. The van der Waals surface area contributed by atoms with Crippen LogP contribution in [0.25, 0.3) is 0 Å². The third-order valence-corrected chi connectivity index (χ3v) is 6.44. The Kier molecular flexibility index (Phi) is 11.6. The molecule has 39 heavy (non-hydrogen) atoms. The number of benzene rings is 2. The van der Waals surface area contributed by atoms with Crippen molar-refractivity contribution in [3.05, 3.63) is 82.8 Å². The van der Waals surface area contributed by atoms with Crippen LogP contribution in [-0.2, 0) is 15.5 Å². The Morgan fingerprint density at radius 3 is 2.59 bits per heavy atom. The Morgan fingerprint density at radius 1 is 1.28 bits per heavy atom. The zero-order valence-electron chi connectivity index (χ0n) is 22.0. The van der Waals surface area contributed by atoms with Crippen LogP contribution >= 0.6 is 23.6 Å². The van der Waals surface area contributed by atoms with Gasteiger partial charge in [-0.2, -0.15) is 5.11 Å². The van der Waals surface area contributed by atoms with Crippen LogP contribution in [0.5, 0.6) is 5.75 Å². The molecule has 3 rings (SSSR count). The number of allylic oxidation sites excluding steroid dienone is 1. The average Bonchev–Trinajstić information content (AvgIpc) is 3.76. The highest BCUT2D eigenvalue weighted by Crippen LogP contribution is 2.31. The van der Waals surface area contributed by atoms with E-state index in [2.05, 4.69) is 15.7 Å². The van der Waals surface area contributed by atoms with Crippen LogP contribution in [0.15, 0.2) is 70.9 Å². The summed E-state index contributed by atoms with van der Waals surface area (Å²) in [6, 6.07) is 11.5. The fourth-order valence-electron chi connectivity index (χ4n) is 3.68. The second-order valence-corrected chi connectivity index (χ2v) is 9.82. The molecule has 1 fully saturated rings. The van der Waals surface area contributed by atoms with E-state index in [1.54, 1.807) is 20.3 Å².